The summed E-state index contributed by atoms with van der Waals surface area (Å²) in [5.74, 6) is -0.148. The van der Waals surface area contributed by atoms with E-state index < -0.39 is 0 Å². The average molecular weight is 224 g/mol. The third kappa shape index (κ3) is 11.0. The lowest BCUT2D eigenvalue weighted by Crippen LogP contribution is -2.01. The molecule has 0 fully saturated rings. The second-order valence-corrected chi connectivity index (χ2v) is 3.68. The number of carbonyl (C=O) groups is 1. The molecular formula is C14H24O2. The maximum atomic E-state index is 11.0. The van der Waals surface area contributed by atoms with E-state index >= 15 is 0 Å². The van der Waals surface area contributed by atoms with Gasteiger partial charge in [0.25, 0.3) is 0 Å². The minimum atomic E-state index is -0.148. The van der Waals surface area contributed by atoms with Gasteiger partial charge in [-0.2, -0.15) is 0 Å². The predicted octanol–water partition coefficient (Wildman–Crippen LogP) is 4.02. The zero-order valence-corrected chi connectivity index (χ0v) is 10.6. The topological polar surface area (TPSA) is 26.3 Å². The molecule has 2 heteroatoms. The van der Waals surface area contributed by atoms with Gasteiger partial charge in [-0.05, 0) is 26.2 Å². The van der Waals surface area contributed by atoms with Crippen molar-refractivity contribution in [1.82, 2.24) is 0 Å². The summed E-state index contributed by atoms with van der Waals surface area (Å²) in [5, 5.41) is 0. The summed E-state index contributed by atoms with van der Waals surface area (Å²) in [6.45, 7) is 4.49. The number of carbonyl (C=O) groups excluding carboxylic acids is 1. The number of unbranched alkanes of at least 4 members (excludes halogenated alkanes) is 3. The molecule has 0 atom stereocenters. The Hall–Kier alpha value is -1.05. The Bertz CT molecular complexity index is 217. The van der Waals surface area contributed by atoms with Crippen molar-refractivity contribution in [2.75, 3.05) is 6.61 Å². The molecule has 0 aromatic heterocycles. The largest absolute Gasteiger partial charge is 0.466 e. The molecule has 92 valence electrons. The lowest BCUT2D eigenvalue weighted by Gasteiger charge is -1.95. The fourth-order valence-corrected chi connectivity index (χ4v) is 1.30. The fourth-order valence-electron chi connectivity index (χ4n) is 1.30. The van der Waals surface area contributed by atoms with E-state index in [-0.39, 0.29) is 5.97 Å². The Balaban J connectivity index is 3.36. The maximum Gasteiger partial charge on any atom is 0.309 e. The third-order valence-corrected chi connectivity index (χ3v) is 2.17. The molecule has 0 saturated heterocycles. The second kappa shape index (κ2) is 12.0. The molecule has 0 bridgehead atoms. The Labute approximate surface area is 99.4 Å². The Kier molecular flexibility index (Phi) is 11.2. The summed E-state index contributed by atoms with van der Waals surface area (Å²) in [6, 6.07) is 0. The van der Waals surface area contributed by atoms with Crippen LogP contribution in [0.4, 0.5) is 0 Å². The van der Waals surface area contributed by atoms with Crippen LogP contribution < -0.4 is 0 Å². The van der Waals surface area contributed by atoms with Crippen LogP contribution in [0.15, 0.2) is 24.3 Å². The van der Waals surface area contributed by atoms with E-state index in [0.717, 1.165) is 6.42 Å². The van der Waals surface area contributed by atoms with Crippen molar-refractivity contribution in [3.63, 3.8) is 0 Å². The standard InChI is InChI=1S/C14H24O2/c1-3-5-6-7-8-9-10-11-12-13-14(15)16-4-2/h8-9,11-12H,3-7,10,13H2,1-2H3/b9-8-,12-11-. The van der Waals surface area contributed by atoms with Gasteiger partial charge in [-0.25, -0.2) is 0 Å². The highest BCUT2D eigenvalue weighted by Crippen LogP contribution is 2.00. The fraction of sp³-hybridized carbons (Fsp3) is 0.643. The van der Waals surface area contributed by atoms with E-state index in [2.05, 4.69) is 19.1 Å². The molecule has 0 aromatic rings. The summed E-state index contributed by atoms with van der Waals surface area (Å²) >= 11 is 0. The molecule has 0 aliphatic rings. The Morgan fingerprint density at radius 1 is 1.06 bits per heavy atom. The van der Waals surface area contributed by atoms with Crippen molar-refractivity contribution >= 4 is 5.97 Å². The van der Waals surface area contributed by atoms with Crippen molar-refractivity contribution in [3.8, 4) is 0 Å². The first kappa shape index (κ1) is 14.9. The van der Waals surface area contributed by atoms with Gasteiger partial charge in [0.2, 0.25) is 0 Å². The SMILES string of the molecule is CCCCC/C=C\C/C=C\CC(=O)OCC. The molecule has 0 aromatic carbocycles. The molecule has 0 rings (SSSR count). The molecule has 0 saturated carbocycles. The van der Waals surface area contributed by atoms with Gasteiger partial charge in [-0.15, -0.1) is 0 Å². The van der Waals surface area contributed by atoms with Crippen molar-refractivity contribution in [3.05, 3.63) is 24.3 Å². The van der Waals surface area contributed by atoms with E-state index in [0.29, 0.717) is 13.0 Å². The minimum absolute atomic E-state index is 0.148. The van der Waals surface area contributed by atoms with Crippen LogP contribution in [0.2, 0.25) is 0 Å². The van der Waals surface area contributed by atoms with E-state index in [9.17, 15) is 4.79 Å². The van der Waals surface area contributed by atoms with Crippen LogP contribution in [0.25, 0.3) is 0 Å². The highest BCUT2D eigenvalue weighted by molar-refractivity contribution is 5.71. The van der Waals surface area contributed by atoms with Crippen molar-refractivity contribution < 1.29 is 9.53 Å². The van der Waals surface area contributed by atoms with Crippen molar-refractivity contribution in [2.24, 2.45) is 0 Å². The molecule has 0 aliphatic heterocycles. The smallest absolute Gasteiger partial charge is 0.309 e. The van der Waals surface area contributed by atoms with Gasteiger partial charge < -0.3 is 4.74 Å². The van der Waals surface area contributed by atoms with Gasteiger partial charge >= 0.3 is 5.97 Å². The summed E-state index contributed by atoms with van der Waals surface area (Å²) in [4.78, 5) is 11.0. The third-order valence-electron chi connectivity index (χ3n) is 2.17. The van der Waals surface area contributed by atoms with Crippen LogP contribution in [0, 0.1) is 0 Å². The Morgan fingerprint density at radius 2 is 1.81 bits per heavy atom. The first-order valence-electron chi connectivity index (χ1n) is 6.26. The molecule has 0 radical (unpaired) electrons. The van der Waals surface area contributed by atoms with Crippen LogP contribution in [-0.4, -0.2) is 12.6 Å². The van der Waals surface area contributed by atoms with Crippen molar-refractivity contribution in [1.29, 1.82) is 0 Å². The molecule has 0 aliphatic carbocycles. The van der Waals surface area contributed by atoms with Gasteiger partial charge in [-0.1, -0.05) is 44.1 Å². The summed E-state index contributed by atoms with van der Waals surface area (Å²) < 4.78 is 4.81. The van der Waals surface area contributed by atoms with Gasteiger partial charge in [0, 0.05) is 0 Å². The molecule has 16 heavy (non-hydrogen) atoms. The summed E-state index contributed by atoms with van der Waals surface area (Å²) in [7, 11) is 0. The van der Waals surface area contributed by atoms with Crippen LogP contribution >= 0.6 is 0 Å². The normalized spacial score (nSPS) is 11.4. The first-order valence-corrected chi connectivity index (χ1v) is 6.26. The van der Waals surface area contributed by atoms with Crippen LogP contribution in [-0.2, 0) is 9.53 Å². The number of hydrogen-bond acceptors (Lipinski definition) is 2. The van der Waals surface area contributed by atoms with E-state index in [4.69, 9.17) is 4.74 Å². The number of esters is 1. The van der Waals surface area contributed by atoms with Crippen molar-refractivity contribution in [2.45, 2.75) is 52.4 Å². The lowest BCUT2D eigenvalue weighted by atomic mass is 10.2. The molecule has 0 N–H and O–H groups in total. The van der Waals surface area contributed by atoms with Gasteiger partial charge in [0.15, 0.2) is 0 Å². The van der Waals surface area contributed by atoms with Gasteiger partial charge in [-0.3, -0.25) is 4.79 Å². The monoisotopic (exact) mass is 224 g/mol. The van der Waals surface area contributed by atoms with E-state index in [1.165, 1.54) is 25.7 Å². The van der Waals surface area contributed by atoms with Crippen LogP contribution in [0.1, 0.15) is 52.4 Å². The van der Waals surface area contributed by atoms with Crippen LogP contribution in [0.5, 0.6) is 0 Å². The molecule has 0 unspecified atom stereocenters. The number of hydrogen-bond donors (Lipinski definition) is 0. The molecule has 0 amide bonds. The zero-order chi connectivity index (χ0) is 12.1. The quantitative estimate of drug-likeness (QED) is 0.336. The number of allylic oxidation sites excluding steroid dienone is 3. The highest BCUT2D eigenvalue weighted by atomic mass is 16.5. The van der Waals surface area contributed by atoms with Gasteiger partial charge in [0.1, 0.15) is 0 Å². The predicted molar refractivity (Wildman–Crippen MR) is 68.3 cm³/mol. The minimum Gasteiger partial charge on any atom is -0.466 e. The number of ether oxygens (including phenoxy) is 1. The molecule has 2 nitrogen and oxygen atoms in total. The average Bonchev–Trinajstić information content (AvgIpc) is 2.27. The van der Waals surface area contributed by atoms with Gasteiger partial charge in [0.05, 0.1) is 13.0 Å². The summed E-state index contributed by atoms with van der Waals surface area (Å²) in [5.41, 5.74) is 0. The van der Waals surface area contributed by atoms with Crippen LogP contribution in [0.3, 0.4) is 0 Å². The Morgan fingerprint density at radius 3 is 2.50 bits per heavy atom. The number of rotatable bonds is 9. The van der Waals surface area contributed by atoms with E-state index in [1.807, 2.05) is 19.1 Å². The lowest BCUT2D eigenvalue weighted by molar-refractivity contribution is -0.142. The second-order valence-electron chi connectivity index (χ2n) is 3.68. The summed E-state index contributed by atoms with van der Waals surface area (Å²) in [6.07, 6.45) is 14.6. The maximum absolute atomic E-state index is 11.0. The van der Waals surface area contributed by atoms with E-state index in [1.54, 1.807) is 0 Å². The molecular weight excluding hydrogens is 200 g/mol. The molecule has 0 spiro atoms. The highest BCUT2D eigenvalue weighted by Gasteiger charge is 1.94. The molecule has 0 heterocycles. The zero-order valence-electron chi connectivity index (χ0n) is 10.6. The first-order chi connectivity index (χ1) is 7.81.